The van der Waals surface area contributed by atoms with Gasteiger partial charge >= 0.3 is 0 Å². The Morgan fingerprint density at radius 2 is 1.30 bits per heavy atom. The molecule has 0 N–H and O–H groups in total. The highest BCUT2D eigenvalue weighted by Gasteiger charge is 2.05. The van der Waals surface area contributed by atoms with E-state index in [1.165, 1.54) is 5.56 Å². The molecule has 0 saturated heterocycles. The zero-order chi connectivity index (χ0) is 14.4. The molecule has 0 aliphatic carbocycles. The Labute approximate surface area is 120 Å². The number of carbonyl (C=O) groups excluding carboxylic acids is 1. The van der Waals surface area contributed by atoms with Crippen LogP contribution in [0.3, 0.4) is 0 Å². The number of hydrogen-bond donors (Lipinski definition) is 0. The summed E-state index contributed by atoms with van der Waals surface area (Å²) in [4.78, 5) is 12.1. The third-order valence-corrected chi connectivity index (χ3v) is 3.39. The summed E-state index contributed by atoms with van der Waals surface area (Å²) in [5.74, 6) is 1.05. The average Bonchev–Trinajstić information content (AvgIpc) is 2.49. The normalized spacial score (nSPS) is 10.3. The number of ketones is 1. The Morgan fingerprint density at radius 3 is 1.75 bits per heavy atom. The van der Waals surface area contributed by atoms with Crippen LogP contribution in [0.1, 0.15) is 23.6 Å². The largest absolute Gasteiger partial charge is 0.497 e. The van der Waals surface area contributed by atoms with Gasteiger partial charge in [0.1, 0.15) is 11.5 Å². The van der Waals surface area contributed by atoms with E-state index in [4.69, 9.17) is 4.74 Å². The van der Waals surface area contributed by atoms with Crippen LogP contribution in [-0.4, -0.2) is 12.9 Å². The van der Waals surface area contributed by atoms with Crippen LogP contribution < -0.4 is 4.74 Å². The molecule has 20 heavy (non-hydrogen) atoms. The van der Waals surface area contributed by atoms with Crippen molar-refractivity contribution in [3.63, 3.8) is 0 Å². The highest BCUT2D eigenvalue weighted by Crippen LogP contribution is 2.13. The molecule has 0 aromatic heterocycles. The van der Waals surface area contributed by atoms with Crippen LogP contribution in [0.25, 0.3) is 0 Å². The minimum absolute atomic E-state index is 0.236. The van der Waals surface area contributed by atoms with Crippen molar-refractivity contribution in [3.8, 4) is 5.75 Å². The minimum Gasteiger partial charge on any atom is -0.497 e. The van der Waals surface area contributed by atoms with Gasteiger partial charge in [-0.05, 0) is 35.2 Å². The van der Waals surface area contributed by atoms with Crippen LogP contribution in [0, 0.1) is 0 Å². The number of methoxy groups -OCH3 is 1. The van der Waals surface area contributed by atoms with E-state index in [9.17, 15) is 4.79 Å². The summed E-state index contributed by atoms with van der Waals surface area (Å²) in [5, 5.41) is 0. The first-order chi connectivity index (χ1) is 9.71. The average molecular weight is 268 g/mol. The Hall–Kier alpha value is -2.09. The smallest absolute Gasteiger partial charge is 0.141 e. The van der Waals surface area contributed by atoms with Gasteiger partial charge in [-0.1, -0.05) is 43.3 Å². The summed E-state index contributed by atoms with van der Waals surface area (Å²) in [6.45, 7) is 2.13. The highest BCUT2D eigenvalue weighted by atomic mass is 16.5. The zero-order valence-electron chi connectivity index (χ0n) is 12.1. The lowest BCUT2D eigenvalue weighted by molar-refractivity contribution is -0.117. The third-order valence-electron chi connectivity index (χ3n) is 3.39. The van der Waals surface area contributed by atoms with Crippen molar-refractivity contribution < 1.29 is 9.53 Å². The van der Waals surface area contributed by atoms with Gasteiger partial charge in [0.15, 0.2) is 0 Å². The van der Waals surface area contributed by atoms with E-state index >= 15 is 0 Å². The van der Waals surface area contributed by atoms with Crippen LogP contribution >= 0.6 is 0 Å². The fourth-order valence-corrected chi connectivity index (χ4v) is 2.15. The fraction of sp³-hybridized carbons (Fsp3) is 0.278. The van der Waals surface area contributed by atoms with E-state index in [1.807, 2.05) is 36.4 Å². The second-order valence-electron chi connectivity index (χ2n) is 4.91. The van der Waals surface area contributed by atoms with Gasteiger partial charge in [0.25, 0.3) is 0 Å². The Bertz CT molecular complexity index is 501. The van der Waals surface area contributed by atoms with Crippen LogP contribution in [-0.2, 0) is 24.1 Å². The van der Waals surface area contributed by atoms with Crippen molar-refractivity contribution >= 4 is 5.78 Å². The van der Waals surface area contributed by atoms with E-state index < -0.39 is 0 Å². The SMILES string of the molecule is CCc1ccc(CC(=O)Cc2ccc(OC)cc2)cc1. The summed E-state index contributed by atoms with van der Waals surface area (Å²) >= 11 is 0. The van der Waals surface area contributed by atoms with Gasteiger partial charge in [0.05, 0.1) is 7.11 Å². The molecule has 0 unspecified atom stereocenters. The molecule has 104 valence electrons. The lowest BCUT2D eigenvalue weighted by Crippen LogP contribution is -2.06. The number of ether oxygens (including phenoxy) is 1. The first kappa shape index (κ1) is 14.3. The maximum Gasteiger partial charge on any atom is 0.141 e. The van der Waals surface area contributed by atoms with Crippen molar-refractivity contribution in [1.29, 1.82) is 0 Å². The molecule has 0 heterocycles. The number of hydrogen-bond acceptors (Lipinski definition) is 2. The monoisotopic (exact) mass is 268 g/mol. The van der Waals surface area contributed by atoms with Gasteiger partial charge in [-0.2, -0.15) is 0 Å². The number of rotatable bonds is 6. The maximum atomic E-state index is 12.1. The standard InChI is InChI=1S/C18H20O2/c1-3-14-4-6-15(7-5-14)12-17(19)13-16-8-10-18(20-2)11-9-16/h4-11H,3,12-13H2,1-2H3. The molecular weight excluding hydrogens is 248 g/mol. The zero-order valence-corrected chi connectivity index (χ0v) is 12.1. The molecule has 0 fully saturated rings. The maximum absolute atomic E-state index is 12.1. The predicted octanol–water partition coefficient (Wildman–Crippen LogP) is 3.61. The molecule has 0 spiro atoms. The summed E-state index contributed by atoms with van der Waals surface area (Å²) in [6, 6.07) is 15.9. The molecule has 0 bridgehead atoms. The van der Waals surface area contributed by atoms with Gasteiger partial charge in [-0.25, -0.2) is 0 Å². The van der Waals surface area contributed by atoms with E-state index in [0.717, 1.165) is 23.3 Å². The van der Waals surface area contributed by atoms with Gasteiger partial charge < -0.3 is 4.74 Å². The number of Topliss-reactive ketones (excluding diaryl/α,β-unsaturated/α-hetero) is 1. The molecule has 0 atom stereocenters. The molecule has 0 aliphatic rings. The van der Waals surface area contributed by atoms with E-state index in [-0.39, 0.29) is 5.78 Å². The predicted molar refractivity (Wildman–Crippen MR) is 81.2 cm³/mol. The van der Waals surface area contributed by atoms with Crippen LogP contribution in [0.5, 0.6) is 5.75 Å². The first-order valence-corrected chi connectivity index (χ1v) is 6.93. The fourth-order valence-electron chi connectivity index (χ4n) is 2.15. The Morgan fingerprint density at radius 1 is 0.850 bits per heavy atom. The van der Waals surface area contributed by atoms with Gasteiger partial charge in [0, 0.05) is 12.8 Å². The van der Waals surface area contributed by atoms with Crippen molar-refractivity contribution in [3.05, 3.63) is 65.2 Å². The topological polar surface area (TPSA) is 26.3 Å². The van der Waals surface area contributed by atoms with Gasteiger partial charge in [0.2, 0.25) is 0 Å². The summed E-state index contributed by atoms with van der Waals surface area (Å²) in [7, 11) is 1.64. The van der Waals surface area contributed by atoms with Crippen molar-refractivity contribution in [2.24, 2.45) is 0 Å². The lowest BCUT2D eigenvalue weighted by Gasteiger charge is -2.04. The summed E-state index contributed by atoms with van der Waals surface area (Å²) in [6.07, 6.45) is 2.00. The second kappa shape index (κ2) is 6.90. The number of carbonyl (C=O) groups is 1. The van der Waals surface area contributed by atoms with Crippen LogP contribution in [0.2, 0.25) is 0 Å². The number of aryl methyl sites for hydroxylation is 1. The molecule has 0 radical (unpaired) electrons. The molecule has 2 aromatic carbocycles. The van der Waals surface area contributed by atoms with Crippen molar-refractivity contribution in [2.75, 3.05) is 7.11 Å². The molecule has 2 nitrogen and oxygen atoms in total. The molecule has 0 amide bonds. The van der Waals surface area contributed by atoms with E-state index in [1.54, 1.807) is 7.11 Å². The molecular formula is C18H20O2. The van der Waals surface area contributed by atoms with Crippen molar-refractivity contribution in [1.82, 2.24) is 0 Å². The van der Waals surface area contributed by atoms with E-state index in [0.29, 0.717) is 12.8 Å². The first-order valence-electron chi connectivity index (χ1n) is 6.93. The molecule has 2 aromatic rings. The Kier molecular flexibility index (Phi) is 4.94. The van der Waals surface area contributed by atoms with Gasteiger partial charge in [-0.15, -0.1) is 0 Å². The lowest BCUT2D eigenvalue weighted by atomic mass is 10.0. The van der Waals surface area contributed by atoms with E-state index in [2.05, 4.69) is 19.1 Å². The summed E-state index contributed by atoms with van der Waals surface area (Å²) < 4.78 is 5.11. The highest BCUT2D eigenvalue weighted by molar-refractivity contribution is 5.83. The second-order valence-corrected chi connectivity index (χ2v) is 4.91. The molecule has 2 heteroatoms. The Balaban J connectivity index is 1.93. The molecule has 0 aliphatic heterocycles. The van der Waals surface area contributed by atoms with Crippen LogP contribution in [0.15, 0.2) is 48.5 Å². The van der Waals surface area contributed by atoms with Crippen molar-refractivity contribution in [2.45, 2.75) is 26.2 Å². The third kappa shape index (κ3) is 3.95. The summed E-state index contributed by atoms with van der Waals surface area (Å²) in [5.41, 5.74) is 3.41. The minimum atomic E-state index is 0.236. The number of benzene rings is 2. The quantitative estimate of drug-likeness (QED) is 0.800. The van der Waals surface area contributed by atoms with Crippen LogP contribution in [0.4, 0.5) is 0 Å². The molecule has 2 rings (SSSR count). The molecule has 0 saturated carbocycles. The van der Waals surface area contributed by atoms with Gasteiger partial charge in [-0.3, -0.25) is 4.79 Å².